The Morgan fingerprint density at radius 3 is 2.59 bits per heavy atom. The van der Waals surface area contributed by atoms with Crippen LogP contribution >= 0.6 is 0 Å². The fraction of sp³-hybridized carbons (Fsp3) is 0.438. The van der Waals surface area contributed by atoms with Gasteiger partial charge in [-0.3, -0.25) is 0 Å². The summed E-state index contributed by atoms with van der Waals surface area (Å²) in [6.07, 6.45) is 2.26. The molecule has 1 aromatic rings. The maximum atomic E-state index is 12.9. The van der Waals surface area contributed by atoms with Crippen molar-refractivity contribution < 1.29 is 18.3 Å². The van der Waals surface area contributed by atoms with E-state index < -0.39 is 16.0 Å². The number of hydrogen-bond acceptors (Lipinski definition) is 3. The minimum atomic E-state index is -3.72. The van der Waals surface area contributed by atoms with Crippen LogP contribution in [0, 0.1) is 0 Å². The molecule has 0 saturated heterocycles. The van der Waals surface area contributed by atoms with Crippen LogP contribution in [0.25, 0.3) is 0 Å². The molecule has 0 aromatic heterocycles. The summed E-state index contributed by atoms with van der Waals surface area (Å²) in [5, 5.41) is 9.22. The monoisotopic (exact) mass is 323 g/mol. The lowest BCUT2D eigenvalue weighted by atomic mass is 10.1. The van der Waals surface area contributed by atoms with Crippen molar-refractivity contribution in [2.75, 3.05) is 13.1 Å². The van der Waals surface area contributed by atoms with Crippen LogP contribution < -0.4 is 0 Å². The van der Waals surface area contributed by atoms with E-state index in [0.717, 1.165) is 29.5 Å². The number of benzene rings is 1. The van der Waals surface area contributed by atoms with Crippen LogP contribution in [0.1, 0.15) is 41.8 Å². The first-order valence-corrected chi connectivity index (χ1v) is 8.75. The lowest BCUT2D eigenvalue weighted by Gasteiger charge is -2.22. The molecule has 0 heterocycles. The number of hydrogen-bond donors (Lipinski definition) is 1. The Morgan fingerprint density at radius 2 is 2.05 bits per heavy atom. The van der Waals surface area contributed by atoms with Gasteiger partial charge in [0, 0.05) is 13.1 Å². The van der Waals surface area contributed by atoms with Crippen molar-refractivity contribution in [3.8, 4) is 0 Å². The lowest BCUT2D eigenvalue weighted by Crippen LogP contribution is -2.33. The van der Waals surface area contributed by atoms with Gasteiger partial charge in [0.15, 0.2) is 0 Å². The largest absolute Gasteiger partial charge is 0.478 e. The average Bonchev–Trinajstić information content (AvgIpc) is 2.91. The normalized spacial score (nSPS) is 14.1. The van der Waals surface area contributed by atoms with Crippen LogP contribution in [0.5, 0.6) is 0 Å². The number of nitrogens with zero attached hydrogens (tertiary/aromatic N) is 1. The molecule has 22 heavy (non-hydrogen) atoms. The van der Waals surface area contributed by atoms with Gasteiger partial charge in [-0.2, -0.15) is 4.31 Å². The number of sulfonamides is 1. The number of aryl methyl sites for hydroxylation is 1. The van der Waals surface area contributed by atoms with Gasteiger partial charge in [-0.25, -0.2) is 13.2 Å². The zero-order valence-electron chi connectivity index (χ0n) is 12.9. The first-order valence-electron chi connectivity index (χ1n) is 7.31. The van der Waals surface area contributed by atoms with Crippen LogP contribution in [-0.4, -0.2) is 36.9 Å². The Bertz CT molecular complexity index is 722. The van der Waals surface area contributed by atoms with E-state index in [0.29, 0.717) is 13.0 Å². The van der Waals surface area contributed by atoms with Gasteiger partial charge in [0.2, 0.25) is 10.0 Å². The molecular formula is C16H21NO4S. The highest BCUT2D eigenvalue weighted by molar-refractivity contribution is 7.89. The van der Waals surface area contributed by atoms with Crippen molar-refractivity contribution >= 4 is 16.0 Å². The van der Waals surface area contributed by atoms with E-state index in [1.54, 1.807) is 19.9 Å². The third-order valence-electron chi connectivity index (χ3n) is 3.84. The maximum Gasteiger partial charge on any atom is 0.335 e. The van der Waals surface area contributed by atoms with Crippen LogP contribution in [0.2, 0.25) is 0 Å². The van der Waals surface area contributed by atoms with Crippen molar-refractivity contribution in [1.82, 2.24) is 4.31 Å². The Balaban J connectivity index is 2.59. The predicted octanol–water partition coefficient (Wildman–Crippen LogP) is 2.46. The highest BCUT2D eigenvalue weighted by atomic mass is 32.2. The molecule has 0 unspecified atom stereocenters. The van der Waals surface area contributed by atoms with Crippen LogP contribution in [-0.2, 0) is 22.9 Å². The quantitative estimate of drug-likeness (QED) is 0.816. The molecule has 1 N–H and O–H groups in total. The van der Waals surface area contributed by atoms with Crippen LogP contribution in [0.4, 0.5) is 0 Å². The minimum absolute atomic E-state index is 0.0330. The summed E-state index contributed by atoms with van der Waals surface area (Å²) in [6.45, 7) is 7.87. The molecule has 0 fully saturated rings. The van der Waals surface area contributed by atoms with Gasteiger partial charge in [0.1, 0.15) is 0 Å². The van der Waals surface area contributed by atoms with Crippen molar-refractivity contribution in [3.05, 3.63) is 41.0 Å². The highest BCUT2D eigenvalue weighted by Crippen LogP contribution is 2.32. The van der Waals surface area contributed by atoms with Crippen molar-refractivity contribution in [2.24, 2.45) is 0 Å². The Hall–Kier alpha value is -1.66. The van der Waals surface area contributed by atoms with Gasteiger partial charge in [0.25, 0.3) is 0 Å². The second kappa shape index (κ2) is 6.22. The van der Waals surface area contributed by atoms with Gasteiger partial charge in [0.05, 0.1) is 10.5 Å². The predicted molar refractivity (Wildman–Crippen MR) is 84.7 cm³/mol. The van der Waals surface area contributed by atoms with E-state index >= 15 is 0 Å². The number of aromatic carboxylic acids is 1. The number of fused-ring (bicyclic) bond motifs is 1. The van der Waals surface area contributed by atoms with Crippen molar-refractivity contribution in [3.63, 3.8) is 0 Å². The van der Waals surface area contributed by atoms with E-state index in [1.807, 2.05) is 0 Å². The van der Waals surface area contributed by atoms with Gasteiger partial charge in [-0.1, -0.05) is 19.1 Å². The fourth-order valence-electron chi connectivity index (χ4n) is 2.83. The van der Waals surface area contributed by atoms with Crippen LogP contribution in [0.15, 0.2) is 29.2 Å². The third-order valence-corrected chi connectivity index (χ3v) is 5.83. The number of carboxylic acids is 1. The summed E-state index contributed by atoms with van der Waals surface area (Å²) in [5.41, 5.74) is 2.39. The standard InChI is InChI=1S/C16H21NO4S/c1-4-17(10-11(2)3)22(20,21)15-9-13(16(18)19)8-12-6-5-7-14(12)15/h8-9H,2,4-7,10H2,1,3H3,(H,18,19). The van der Waals surface area contributed by atoms with Crippen LogP contribution in [0.3, 0.4) is 0 Å². The topological polar surface area (TPSA) is 74.7 Å². The molecule has 0 saturated carbocycles. The number of likely N-dealkylation sites (N-methyl/N-ethyl adjacent to an activating group) is 1. The number of rotatable bonds is 6. The SMILES string of the molecule is C=C(C)CN(CC)S(=O)(=O)c1cc(C(=O)O)cc2c1CCC2. The summed E-state index contributed by atoms with van der Waals surface area (Å²) in [7, 11) is -3.72. The lowest BCUT2D eigenvalue weighted by molar-refractivity contribution is 0.0696. The zero-order valence-corrected chi connectivity index (χ0v) is 13.7. The first-order chi connectivity index (χ1) is 10.3. The summed E-state index contributed by atoms with van der Waals surface area (Å²) >= 11 is 0. The Labute approximate surface area is 131 Å². The van der Waals surface area contributed by atoms with Gasteiger partial charge >= 0.3 is 5.97 Å². The summed E-state index contributed by atoms with van der Waals surface area (Å²) < 4.78 is 27.2. The molecule has 0 amide bonds. The molecule has 0 bridgehead atoms. The Morgan fingerprint density at radius 1 is 1.36 bits per heavy atom. The number of carbonyl (C=O) groups is 1. The first kappa shape index (κ1) is 16.7. The fourth-order valence-corrected chi connectivity index (χ4v) is 4.65. The highest BCUT2D eigenvalue weighted by Gasteiger charge is 2.30. The van der Waals surface area contributed by atoms with E-state index in [1.165, 1.54) is 10.4 Å². The molecular weight excluding hydrogens is 302 g/mol. The van der Waals surface area contributed by atoms with E-state index in [-0.39, 0.29) is 17.0 Å². The molecule has 0 spiro atoms. The molecule has 5 nitrogen and oxygen atoms in total. The molecule has 0 atom stereocenters. The molecule has 6 heteroatoms. The zero-order chi connectivity index (χ0) is 16.5. The molecule has 1 aliphatic rings. The smallest absolute Gasteiger partial charge is 0.335 e. The van der Waals surface area contributed by atoms with Gasteiger partial charge in [-0.15, -0.1) is 0 Å². The van der Waals surface area contributed by atoms with E-state index in [4.69, 9.17) is 0 Å². The maximum absolute atomic E-state index is 12.9. The summed E-state index contributed by atoms with van der Waals surface area (Å²) in [5.74, 6) is -1.10. The summed E-state index contributed by atoms with van der Waals surface area (Å²) in [6, 6.07) is 2.89. The molecule has 1 aliphatic carbocycles. The average molecular weight is 323 g/mol. The molecule has 2 rings (SSSR count). The van der Waals surface area contributed by atoms with Crippen molar-refractivity contribution in [1.29, 1.82) is 0 Å². The Kier molecular flexibility index (Phi) is 4.72. The van der Waals surface area contributed by atoms with E-state index in [2.05, 4.69) is 6.58 Å². The second-order valence-electron chi connectivity index (χ2n) is 5.66. The molecule has 0 aliphatic heterocycles. The molecule has 0 radical (unpaired) electrons. The van der Waals surface area contributed by atoms with E-state index in [9.17, 15) is 18.3 Å². The molecule has 1 aromatic carbocycles. The van der Waals surface area contributed by atoms with Crippen molar-refractivity contribution in [2.45, 2.75) is 38.0 Å². The minimum Gasteiger partial charge on any atom is -0.478 e. The van der Waals surface area contributed by atoms with Gasteiger partial charge < -0.3 is 5.11 Å². The number of carboxylic acid groups (broad SMARTS) is 1. The molecule has 120 valence electrons. The second-order valence-corrected chi connectivity index (χ2v) is 7.57. The summed E-state index contributed by atoms with van der Waals surface area (Å²) in [4.78, 5) is 11.4. The van der Waals surface area contributed by atoms with Gasteiger partial charge in [-0.05, 0) is 49.4 Å². The third kappa shape index (κ3) is 3.08.